The molecule has 0 saturated heterocycles. The number of carbonyl (C=O) groups excluding carboxylic acids is 1. The van der Waals surface area contributed by atoms with Crippen LogP contribution in [0.3, 0.4) is 0 Å². The summed E-state index contributed by atoms with van der Waals surface area (Å²) < 4.78 is 15.4. The molecule has 1 atom stereocenters. The fraction of sp³-hybridized carbons (Fsp3) is 0.645. The van der Waals surface area contributed by atoms with E-state index in [2.05, 4.69) is 40.8 Å². The zero-order chi connectivity index (χ0) is 28.6. The lowest BCUT2D eigenvalue weighted by atomic mass is 10.0. The van der Waals surface area contributed by atoms with Crippen LogP contribution in [-0.2, 0) is 20.3 Å². The minimum Gasteiger partial charge on any atom is -0.790 e. The van der Waals surface area contributed by atoms with Crippen LogP contribution < -0.4 is 15.1 Å². The van der Waals surface area contributed by atoms with Gasteiger partial charge in [0.25, 0.3) is 0 Å². The number of aliphatic hydroxyl groups excluding tert-OH is 1. The molecule has 39 heavy (non-hydrogen) atoms. The highest BCUT2D eigenvalue weighted by Crippen LogP contribution is 2.25. The van der Waals surface area contributed by atoms with Crippen molar-refractivity contribution in [3.05, 3.63) is 47.5 Å². The van der Waals surface area contributed by atoms with Gasteiger partial charge in [-0.3, -0.25) is 4.79 Å². The fourth-order valence-corrected chi connectivity index (χ4v) is 4.58. The third-order valence-corrected chi connectivity index (χ3v) is 6.84. The number of phosphoric ester groups is 1. The monoisotopic (exact) mass is 561 g/mol. The summed E-state index contributed by atoms with van der Waals surface area (Å²) in [6.45, 7) is 1.85. The maximum absolute atomic E-state index is 12.5. The lowest BCUT2D eigenvalue weighted by Crippen LogP contribution is -2.40. The second-order valence-corrected chi connectivity index (χ2v) is 11.2. The summed E-state index contributed by atoms with van der Waals surface area (Å²) in [5, 5.41) is 11.6. The first kappa shape index (κ1) is 35.1. The molecule has 0 unspecified atom stereocenters. The molecule has 0 aliphatic rings. The summed E-state index contributed by atoms with van der Waals surface area (Å²) in [6.07, 6.45) is 21.0. The number of nitrogens with one attached hydrogen (secondary N) is 1. The molecule has 8 heteroatoms. The zero-order valence-corrected chi connectivity index (χ0v) is 24.6. The minimum atomic E-state index is -5.14. The summed E-state index contributed by atoms with van der Waals surface area (Å²) in [7, 11) is -5.14. The van der Waals surface area contributed by atoms with Crippen molar-refractivity contribution in [1.82, 2.24) is 5.32 Å². The van der Waals surface area contributed by atoms with Gasteiger partial charge in [-0.25, -0.2) is 0 Å². The third-order valence-electron chi connectivity index (χ3n) is 6.37. The Morgan fingerprint density at radius 3 is 2.15 bits per heavy atom. The van der Waals surface area contributed by atoms with E-state index >= 15 is 0 Å². The van der Waals surface area contributed by atoms with Crippen molar-refractivity contribution in [2.24, 2.45) is 0 Å². The zero-order valence-electron chi connectivity index (χ0n) is 23.7. The molecular formula is C31H48NO6P-2. The summed E-state index contributed by atoms with van der Waals surface area (Å²) in [6, 6.07) is 6.66. The predicted molar refractivity (Wildman–Crippen MR) is 154 cm³/mol. The molecule has 0 aliphatic heterocycles. The van der Waals surface area contributed by atoms with E-state index in [4.69, 9.17) is 5.11 Å². The Balaban J connectivity index is 2.28. The van der Waals surface area contributed by atoms with E-state index in [9.17, 15) is 19.1 Å². The highest BCUT2D eigenvalue weighted by atomic mass is 31.2. The Labute approximate surface area is 236 Å². The third kappa shape index (κ3) is 21.5. The maximum Gasteiger partial charge on any atom is 0.220 e. The molecule has 2 N–H and O–H groups in total. The average Bonchev–Trinajstić information content (AvgIpc) is 2.90. The van der Waals surface area contributed by atoms with Gasteiger partial charge in [-0.05, 0) is 56.2 Å². The minimum absolute atomic E-state index is 0.00669. The van der Waals surface area contributed by atoms with Crippen LogP contribution in [0.2, 0.25) is 0 Å². The summed E-state index contributed by atoms with van der Waals surface area (Å²) >= 11 is 0. The molecule has 0 radical (unpaired) electrons. The second-order valence-electron chi connectivity index (χ2n) is 10.0. The molecule has 0 heterocycles. The Bertz CT molecular complexity index is 900. The Kier molecular flexibility index (Phi) is 20.5. The van der Waals surface area contributed by atoms with Crippen LogP contribution in [-0.4, -0.2) is 30.3 Å². The summed E-state index contributed by atoms with van der Waals surface area (Å²) in [4.78, 5) is 34.4. The predicted octanol–water partition coefficient (Wildman–Crippen LogP) is 5.33. The van der Waals surface area contributed by atoms with Crippen molar-refractivity contribution in [2.75, 3.05) is 13.2 Å². The Morgan fingerprint density at radius 2 is 1.56 bits per heavy atom. The van der Waals surface area contributed by atoms with Crippen LogP contribution in [0.4, 0.5) is 0 Å². The van der Waals surface area contributed by atoms with E-state index in [-0.39, 0.29) is 12.5 Å². The van der Waals surface area contributed by atoms with Gasteiger partial charge in [0.2, 0.25) is 5.91 Å². The van der Waals surface area contributed by atoms with E-state index < -0.39 is 20.5 Å². The lowest BCUT2D eigenvalue weighted by molar-refractivity contribution is -0.342. The van der Waals surface area contributed by atoms with Gasteiger partial charge in [0.05, 0.1) is 27.1 Å². The standard InChI is InChI=1S/C31H50NO6P/c1-2-3-4-5-6-7-8-9-10-11-12-13-14-15-16-20-31(34)32-30(27-38-39(35,36)37)26-29-23-21-28(22-24-29)19-17-18-25-33/h9-10,21-24,30,33H,2-8,11-16,18,20,25-27H2,1H3,(H,32,34)(H2,35,36,37)/p-2/b10-9-/t30-/m0/s1. The van der Waals surface area contributed by atoms with Gasteiger partial charge in [0.1, 0.15) is 0 Å². The van der Waals surface area contributed by atoms with Crippen molar-refractivity contribution < 1.29 is 28.8 Å². The van der Waals surface area contributed by atoms with Crippen LogP contribution >= 0.6 is 7.82 Å². The SMILES string of the molecule is CCCCCCCC/C=C\CCCCCCCC(=O)N[C@H](COP(=O)([O-])[O-])Cc1ccc(C#CCCO)cc1. The van der Waals surface area contributed by atoms with Gasteiger partial charge in [0, 0.05) is 18.4 Å². The van der Waals surface area contributed by atoms with Gasteiger partial charge in [-0.15, -0.1) is 0 Å². The molecule has 1 aromatic carbocycles. The molecule has 0 aromatic heterocycles. The summed E-state index contributed by atoms with van der Waals surface area (Å²) in [5.41, 5.74) is 1.64. The first-order valence-corrected chi connectivity index (χ1v) is 16.1. The van der Waals surface area contributed by atoms with Gasteiger partial charge in [-0.1, -0.05) is 94.4 Å². The van der Waals surface area contributed by atoms with E-state index in [0.29, 0.717) is 19.3 Å². The molecule has 0 bridgehead atoms. The molecule has 0 spiro atoms. The number of rotatable bonds is 22. The van der Waals surface area contributed by atoms with Crippen molar-refractivity contribution in [3.8, 4) is 11.8 Å². The smallest absolute Gasteiger partial charge is 0.220 e. The van der Waals surface area contributed by atoms with Gasteiger partial charge in [-0.2, -0.15) is 0 Å². The molecule has 7 nitrogen and oxygen atoms in total. The molecule has 0 saturated carbocycles. The number of carbonyl (C=O) groups is 1. The van der Waals surface area contributed by atoms with Crippen LogP contribution in [0.15, 0.2) is 36.4 Å². The van der Waals surface area contributed by atoms with E-state index in [1.54, 1.807) is 0 Å². The fourth-order valence-electron chi connectivity index (χ4n) is 4.22. The molecule has 0 fully saturated rings. The largest absolute Gasteiger partial charge is 0.790 e. The van der Waals surface area contributed by atoms with Gasteiger partial charge < -0.3 is 29.3 Å². The topological polar surface area (TPSA) is 122 Å². The number of amides is 1. The molecule has 1 amide bonds. The van der Waals surface area contributed by atoms with Crippen molar-refractivity contribution in [3.63, 3.8) is 0 Å². The first-order valence-electron chi connectivity index (χ1n) is 14.6. The highest BCUT2D eigenvalue weighted by Gasteiger charge is 2.14. The van der Waals surface area contributed by atoms with Crippen LogP contribution in [0.1, 0.15) is 114 Å². The molecule has 1 aromatic rings. The van der Waals surface area contributed by atoms with E-state index in [0.717, 1.165) is 49.7 Å². The quantitative estimate of drug-likeness (QED) is 0.0854. The van der Waals surface area contributed by atoms with Crippen molar-refractivity contribution >= 4 is 13.7 Å². The number of unbranched alkanes of at least 4 members (excludes halogenated alkanes) is 11. The highest BCUT2D eigenvalue weighted by molar-refractivity contribution is 7.43. The number of aliphatic hydroxyl groups is 1. The number of hydrogen-bond donors (Lipinski definition) is 2. The van der Waals surface area contributed by atoms with E-state index in [1.807, 2.05) is 24.3 Å². The number of allylic oxidation sites excluding steroid dienone is 2. The van der Waals surface area contributed by atoms with Crippen molar-refractivity contribution in [1.29, 1.82) is 0 Å². The van der Waals surface area contributed by atoms with E-state index in [1.165, 1.54) is 44.9 Å². The normalized spacial score (nSPS) is 12.3. The lowest BCUT2D eigenvalue weighted by Gasteiger charge is -2.31. The first-order chi connectivity index (χ1) is 18.8. The van der Waals surface area contributed by atoms with Crippen molar-refractivity contribution in [2.45, 2.75) is 116 Å². The molecule has 0 aliphatic carbocycles. The maximum atomic E-state index is 12.5. The number of phosphoric acid groups is 1. The van der Waals surface area contributed by atoms with Gasteiger partial charge >= 0.3 is 0 Å². The van der Waals surface area contributed by atoms with Gasteiger partial charge in [0.15, 0.2) is 0 Å². The average molecular weight is 562 g/mol. The second kappa shape index (κ2) is 22.8. The Morgan fingerprint density at radius 1 is 0.974 bits per heavy atom. The van der Waals surface area contributed by atoms with Crippen LogP contribution in [0, 0.1) is 11.8 Å². The molecule has 1 rings (SSSR count). The van der Waals surface area contributed by atoms with Crippen LogP contribution in [0.5, 0.6) is 0 Å². The van der Waals surface area contributed by atoms with Crippen LogP contribution in [0.25, 0.3) is 0 Å². The number of benzene rings is 1. The summed E-state index contributed by atoms with van der Waals surface area (Å²) in [5.74, 6) is 5.60. The molecule has 220 valence electrons. The Hall–Kier alpha value is -1.94. The number of hydrogen-bond acceptors (Lipinski definition) is 6. The molecular weight excluding hydrogens is 513 g/mol.